The normalized spacial score (nSPS) is 12.5. The SMILES string of the molecule is C/C=C\C=C/c1c[nH]c(C(=N)c2cc(NSc3ccccc3S(C)=O)ccc2N)c1. The first kappa shape index (κ1) is 21.7. The first-order valence-electron chi connectivity index (χ1n) is 9.31. The Labute approximate surface area is 183 Å². The summed E-state index contributed by atoms with van der Waals surface area (Å²) >= 11 is 1.39. The zero-order chi connectivity index (χ0) is 21.5. The van der Waals surface area contributed by atoms with E-state index in [1.807, 2.05) is 79.9 Å². The number of allylic oxidation sites excluding steroid dienone is 3. The third kappa shape index (κ3) is 5.31. The standard InChI is InChI=1S/C23H24N4OS2/c1-3-4-5-8-16-13-20(26-15-16)23(25)18-14-17(11-12-19(18)24)27-29-21-9-6-7-10-22(21)30(2)28/h3-15,25-27H,24H2,1-2H3/b4-3-,8-5-,25-23?. The Kier molecular flexibility index (Phi) is 7.32. The summed E-state index contributed by atoms with van der Waals surface area (Å²) in [5, 5.41) is 8.60. The summed E-state index contributed by atoms with van der Waals surface area (Å²) in [6.07, 6.45) is 11.4. The highest BCUT2D eigenvalue weighted by molar-refractivity contribution is 8.01. The quantitative estimate of drug-likeness (QED) is 0.163. The molecule has 7 heteroatoms. The van der Waals surface area contributed by atoms with Gasteiger partial charge in [-0.3, -0.25) is 9.62 Å². The third-order valence-electron chi connectivity index (χ3n) is 4.33. The molecule has 0 aliphatic heterocycles. The smallest absolute Gasteiger partial charge is 0.0868 e. The summed E-state index contributed by atoms with van der Waals surface area (Å²) in [6, 6.07) is 15.0. The van der Waals surface area contributed by atoms with Crippen LogP contribution in [-0.2, 0) is 10.8 Å². The lowest BCUT2D eigenvalue weighted by molar-refractivity contribution is 0.685. The van der Waals surface area contributed by atoms with Gasteiger partial charge in [-0.25, -0.2) is 0 Å². The summed E-state index contributed by atoms with van der Waals surface area (Å²) in [7, 11) is -1.07. The van der Waals surface area contributed by atoms with Crippen LogP contribution in [0.25, 0.3) is 6.08 Å². The molecule has 1 unspecified atom stereocenters. The molecule has 3 aromatic rings. The van der Waals surface area contributed by atoms with Crippen molar-refractivity contribution in [3.8, 4) is 0 Å². The predicted molar refractivity (Wildman–Crippen MR) is 130 cm³/mol. The highest BCUT2D eigenvalue weighted by Crippen LogP contribution is 2.28. The largest absolute Gasteiger partial charge is 0.398 e. The Hall–Kier alpha value is -3.03. The van der Waals surface area contributed by atoms with Gasteiger partial charge >= 0.3 is 0 Å². The van der Waals surface area contributed by atoms with Gasteiger partial charge in [-0.2, -0.15) is 0 Å². The molecule has 0 aliphatic rings. The van der Waals surface area contributed by atoms with Gasteiger partial charge in [-0.1, -0.05) is 36.4 Å². The number of aromatic nitrogens is 1. The van der Waals surface area contributed by atoms with E-state index >= 15 is 0 Å². The fourth-order valence-corrected chi connectivity index (χ4v) is 4.57. The number of benzene rings is 2. The molecule has 3 rings (SSSR count). The van der Waals surface area contributed by atoms with Crippen LogP contribution in [0.5, 0.6) is 0 Å². The van der Waals surface area contributed by atoms with Gasteiger partial charge in [-0.15, -0.1) is 0 Å². The molecule has 154 valence electrons. The van der Waals surface area contributed by atoms with Gasteiger partial charge in [0.1, 0.15) is 0 Å². The van der Waals surface area contributed by atoms with E-state index in [9.17, 15) is 4.21 Å². The number of hydrogen-bond acceptors (Lipinski definition) is 5. The minimum absolute atomic E-state index is 0.321. The third-order valence-corrected chi connectivity index (χ3v) is 6.35. The van der Waals surface area contributed by atoms with E-state index < -0.39 is 10.8 Å². The maximum absolute atomic E-state index is 11.9. The van der Waals surface area contributed by atoms with Gasteiger partial charge in [0.2, 0.25) is 0 Å². The summed E-state index contributed by atoms with van der Waals surface area (Å²) < 4.78 is 15.2. The molecular formula is C23H24N4OS2. The van der Waals surface area contributed by atoms with Crippen molar-refractivity contribution < 1.29 is 4.21 Å². The fourth-order valence-electron chi connectivity index (χ4n) is 2.80. The van der Waals surface area contributed by atoms with Crippen molar-refractivity contribution >= 4 is 45.9 Å². The Bertz CT molecular complexity index is 1130. The van der Waals surface area contributed by atoms with Gasteiger partial charge in [-0.05, 0) is 60.8 Å². The molecule has 0 bridgehead atoms. The first-order chi connectivity index (χ1) is 14.5. The van der Waals surface area contributed by atoms with Crippen molar-refractivity contribution in [2.45, 2.75) is 16.7 Å². The van der Waals surface area contributed by atoms with Crippen LogP contribution in [0.3, 0.4) is 0 Å². The molecule has 1 atom stereocenters. The van der Waals surface area contributed by atoms with Crippen LogP contribution in [-0.4, -0.2) is 21.2 Å². The number of nitrogens with two attached hydrogens (primary N) is 1. The molecule has 2 aromatic carbocycles. The minimum Gasteiger partial charge on any atom is -0.398 e. The number of anilines is 2. The summed E-state index contributed by atoms with van der Waals surface area (Å²) in [5.74, 6) is 0. The second-order valence-corrected chi connectivity index (χ2v) is 8.71. The van der Waals surface area contributed by atoms with Crippen molar-refractivity contribution in [3.63, 3.8) is 0 Å². The molecular weight excluding hydrogens is 412 g/mol. The Morgan fingerprint density at radius 3 is 2.77 bits per heavy atom. The van der Waals surface area contributed by atoms with Gasteiger partial charge in [0, 0.05) is 34.3 Å². The van der Waals surface area contributed by atoms with Crippen molar-refractivity contribution in [1.29, 1.82) is 5.41 Å². The lowest BCUT2D eigenvalue weighted by Gasteiger charge is -2.12. The van der Waals surface area contributed by atoms with Gasteiger partial charge < -0.3 is 15.4 Å². The van der Waals surface area contributed by atoms with Crippen molar-refractivity contribution in [3.05, 3.63) is 89.8 Å². The highest BCUT2D eigenvalue weighted by atomic mass is 32.2. The molecule has 0 amide bonds. The van der Waals surface area contributed by atoms with E-state index in [4.69, 9.17) is 11.1 Å². The van der Waals surface area contributed by atoms with Crippen molar-refractivity contribution in [2.75, 3.05) is 16.7 Å². The molecule has 30 heavy (non-hydrogen) atoms. The maximum atomic E-state index is 11.9. The maximum Gasteiger partial charge on any atom is 0.0868 e. The van der Waals surface area contributed by atoms with E-state index in [1.54, 1.807) is 12.3 Å². The minimum atomic E-state index is -1.07. The molecule has 5 nitrogen and oxygen atoms in total. The molecule has 0 spiro atoms. The molecule has 0 saturated carbocycles. The number of H-pyrrole nitrogens is 1. The predicted octanol–water partition coefficient (Wildman–Crippen LogP) is 5.46. The van der Waals surface area contributed by atoms with Crippen LogP contribution in [0, 0.1) is 5.41 Å². The number of rotatable bonds is 8. The lowest BCUT2D eigenvalue weighted by Crippen LogP contribution is -2.06. The van der Waals surface area contributed by atoms with Crippen LogP contribution in [0.15, 0.2) is 82.7 Å². The van der Waals surface area contributed by atoms with E-state index in [0.717, 1.165) is 21.0 Å². The van der Waals surface area contributed by atoms with Gasteiger partial charge in [0.05, 0.1) is 27.1 Å². The second kappa shape index (κ2) is 10.1. The van der Waals surface area contributed by atoms with E-state index in [0.29, 0.717) is 22.7 Å². The Morgan fingerprint density at radius 1 is 1.20 bits per heavy atom. The monoisotopic (exact) mass is 436 g/mol. The summed E-state index contributed by atoms with van der Waals surface area (Å²) in [6.45, 7) is 1.96. The fraction of sp³-hybridized carbons (Fsp3) is 0.0870. The van der Waals surface area contributed by atoms with Crippen LogP contribution >= 0.6 is 11.9 Å². The van der Waals surface area contributed by atoms with E-state index in [-0.39, 0.29) is 0 Å². The zero-order valence-electron chi connectivity index (χ0n) is 16.8. The summed E-state index contributed by atoms with van der Waals surface area (Å²) in [5.41, 5.74) is 10.1. The summed E-state index contributed by atoms with van der Waals surface area (Å²) in [4.78, 5) is 4.82. The average molecular weight is 437 g/mol. The first-order valence-corrected chi connectivity index (χ1v) is 11.7. The topological polar surface area (TPSA) is 94.8 Å². The van der Waals surface area contributed by atoms with Gasteiger partial charge in [0.15, 0.2) is 0 Å². The Morgan fingerprint density at radius 2 is 2.00 bits per heavy atom. The van der Waals surface area contributed by atoms with Crippen LogP contribution in [0.1, 0.15) is 23.7 Å². The number of aromatic amines is 1. The van der Waals surface area contributed by atoms with Crippen LogP contribution in [0.2, 0.25) is 0 Å². The molecule has 0 fully saturated rings. The van der Waals surface area contributed by atoms with E-state index in [1.165, 1.54) is 11.9 Å². The van der Waals surface area contributed by atoms with Crippen LogP contribution < -0.4 is 10.5 Å². The molecule has 5 N–H and O–H groups in total. The van der Waals surface area contributed by atoms with Crippen molar-refractivity contribution in [2.24, 2.45) is 0 Å². The van der Waals surface area contributed by atoms with Crippen molar-refractivity contribution in [1.82, 2.24) is 4.98 Å². The lowest BCUT2D eigenvalue weighted by atomic mass is 10.0. The van der Waals surface area contributed by atoms with Gasteiger partial charge in [0.25, 0.3) is 0 Å². The van der Waals surface area contributed by atoms with E-state index in [2.05, 4.69) is 9.71 Å². The Balaban J connectivity index is 1.79. The zero-order valence-corrected chi connectivity index (χ0v) is 18.4. The number of nitrogens with one attached hydrogen (secondary N) is 3. The molecule has 0 aliphatic carbocycles. The van der Waals surface area contributed by atoms with Crippen LogP contribution in [0.4, 0.5) is 11.4 Å². The highest BCUT2D eigenvalue weighted by Gasteiger charge is 2.12. The molecule has 1 aromatic heterocycles. The molecule has 0 saturated heterocycles. The second-order valence-electron chi connectivity index (χ2n) is 6.51. The number of nitrogen functional groups attached to an aromatic ring is 1. The average Bonchev–Trinajstić information content (AvgIpc) is 3.22. The molecule has 1 heterocycles. The number of hydrogen-bond donors (Lipinski definition) is 4. The molecule has 0 radical (unpaired) electrons.